The maximum Gasteiger partial charge on any atom is 0.313 e. The Labute approximate surface area is 175 Å². The van der Waals surface area contributed by atoms with Gasteiger partial charge in [0.05, 0.1) is 5.69 Å². The van der Waals surface area contributed by atoms with Crippen LogP contribution in [0.25, 0.3) is 0 Å². The van der Waals surface area contributed by atoms with Gasteiger partial charge in [-0.2, -0.15) is 0 Å². The molecule has 3 rings (SSSR count). The summed E-state index contributed by atoms with van der Waals surface area (Å²) in [5.74, 6) is -1.51. The second-order valence-corrected chi connectivity index (χ2v) is 6.63. The molecule has 160 valence electrons. The molecule has 0 spiro atoms. The lowest BCUT2D eigenvalue weighted by Gasteiger charge is -2.36. The SMILES string of the molecule is C.N=C(N)CC(=O)OCc1cccc(N2CCN(C(=O)c3ccncc3)CC2)c1F. The number of anilines is 1. The van der Waals surface area contributed by atoms with Crippen LogP contribution in [-0.4, -0.2) is 53.8 Å². The molecular weight excluding hydrogens is 389 g/mol. The van der Waals surface area contributed by atoms with Crippen LogP contribution in [0.5, 0.6) is 0 Å². The Balaban J connectivity index is 0.00000320. The zero-order valence-corrected chi connectivity index (χ0v) is 15.8. The molecule has 0 atom stereocenters. The van der Waals surface area contributed by atoms with E-state index in [1.54, 1.807) is 47.6 Å². The van der Waals surface area contributed by atoms with Crippen LogP contribution < -0.4 is 10.6 Å². The van der Waals surface area contributed by atoms with Gasteiger partial charge in [-0.3, -0.25) is 20.0 Å². The van der Waals surface area contributed by atoms with Crippen LogP contribution >= 0.6 is 0 Å². The van der Waals surface area contributed by atoms with Crippen molar-refractivity contribution in [2.45, 2.75) is 20.5 Å². The van der Waals surface area contributed by atoms with Gasteiger partial charge < -0.3 is 20.3 Å². The van der Waals surface area contributed by atoms with Crippen LogP contribution in [0.15, 0.2) is 42.7 Å². The van der Waals surface area contributed by atoms with E-state index in [1.807, 2.05) is 4.90 Å². The minimum Gasteiger partial charge on any atom is -0.460 e. The third kappa shape index (κ3) is 5.53. The summed E-state index contributed by atoms with van der Waals surface area (Å²) in [6.45, 7) is 1.69. The molecule has 8 nitrogen and oxygen atoms in total. The second kappa shape index (κ2) is 10.3. The lowest BCUT2D eigenvalue weighted by molar-refractivity contribution is -0.143. The Bertz CT molecular complexity index is 899. The largest absolute Gasteiger partial charge is 0.460 e. The van der Waals surface area contributed by atoms with E-state index in [4.69, 9.17) is 15.9 Å². The highest BCUT2D eigenvalue weighted by atomic mass is 19.1. The fourth-order valence-electron chi connectivity index (χ4n) is 3.11. The molecule has 0 saturated carbocycles. The first kappa shape index (κ1) is 22.8. The van der Waals surface area contributed by atoms with Crippen molar-refractivity contribution in [3.05, 3.63) is 59.7 Å². The number of nitrogens with zero attached hydrogens (tertiary/aromatic N) is 3. The molecule has 1 saturated heterocycles. The Morgan fingerprint density at radius 2 is 1.80 bits per heavy atom. The van der Waals surface area contributed by atoms with Gasteiger partial charge in [0.15, 0.2) is 5.82 Å². The van der Waals surface area contributed by atoms with Gasteiger partial charge in [0.25, 0.3) is 5.91 Å². The maximum atomic E-state index is 14.9. The van der Waals surface area contributed by atoms with E-state index >= 15 is 0 Å². The number of halogens is 1. The highest BCUT2D eigenvalue weighted by Crippen LogP contribution is 2.24. The molecule has 2 heterocycles. The number of aromatic nitrogens is 1. The first-order valence-electron chi connectivity index (χ1n) is 9.16. The Morgan fingerprint density at radius 3 is 2.43 bits per heavy atom. The monoisotopic (exact) mass is 415 g/mol. The number of hydrogen-bond acceptors (Lipinski definition) is 6. The number of hydrogen-bond donors (Lipinski definition) is 2. The third-order valence-electron chi connectivity index (χ3n) is 4.62. The Hall–Kier alpha value is -3.49. The fourth-order valence-corrected chi connectivity index (χ4v) is 3.11. The minimum atomic E-state index is -0.675. The number of carbonyl (C=O) groups is 2. The van der Waals surface area contributed by atoms with Crippen LogP contribution in [-0.2, 0) is 16.1 Å². The Kier molecular flexibility index (Phi) is 7.85. The molecule has 3 N–H and O–H groups in total. The maximum absolute atomic E-state index is 14.9. The fraction of sp³-hybridized carbons (Fsp3) is 0.333. The van der Waals surface area contributed by atoms with E-state index in [0.29, 0.717) is 37.4 Å². The molecule has 0 aliphatic carbocycles. The van der Waals surface area contributed by atoms with Crippen molar-refractivity contribution in [1.29, 1.82) is 5.41 Å². The van der Waals surface area contributed by atoms with E-state index in [1.165, 1.54) is 0 Å². The standard InChI is InChI=1S/C20H22FN5O3.CH4/c21-19-15(13-29-18(27)12-17(22)23)2-1-3-16(19)25-8-10-26(11-9-25)20(28)14-4-6-24-7-5-14;/h1-7H,8-13H2,(H3,22,23);1H4. The molecule has 1 aromatic heterocycles. The van der Waals surface area contributed by atoms with Gasteiger partial charge in [-0.25, -0.2) is 4.39 Å². The molecule has 1 amide bonds. The summed E-state index contributed by atoms with van der Waals surface area (Å²) in [6.07, 6.45) is 2.83. The van der Waals surface area contributed by atoms with E-state index in [2.05, 4.69) is 4.98 Å². The van der Waals surface area contributed by atoms with Gasteiger partial charge in [0.1, 0.15) is 18.9 Å². The first-order valence-corrected chi connectivity index (χ1v) is 9.16. The number of ether oxygens (including phenoxy) is 1. The summed E-state index contributed by atoms with van der Waals surface area (Å²) in [5, 5.41) is 7.08. The minimum absolute atomic E-state index is 0. The predicted octanol–water partition coefficient (Wildman–Crippen LogP) is 2.19. The first-order chi connectivity index (χ1) is 14.0. The van der Waals surface area contributed by atoms with Crippen LogP contribution in [0, 0.1) is 11.2 Å². The van der Waals surface area contributed by atoms with Crippen LogP contribution in [0.4, 0.5) is 10.1 Å². The van der Waals surface area contributed by atoms with Crippen LogP contribution in [0.1, 0.15) is 29.8 Å². The van der Waals surface area contributed by atoms with Crippen molar-refractivity contribution < 1.29 is 18.7 Å². The third-order valence-corrected chi connectivity index (χ3v) is 4.62. The van der Waals surface area contributed by atoms with Gasteiger partial charge in [-0.15, -0.1) is 0 Å². The summed E-state index contributed by atoms with van der Waals surface area (Å²) < 4.78 is 19.9. The van der Waals surface area contributed by atoms with Crippen LogP contribution in [0.2, 0.25) is 0 Å². The van der Waals surface area contributed by atoms with Gasteiger partial charge in [-0.1, -0.05) is 19.6 Å². The van der Waals surface area contributed by atoms with Crippen LogP contribution in [0.3, 0.4) is 0 Å². The quantitative estimate of drug-likeness (QED) is 0.425. The summed E-state index contributed by atoms with van der Waals surface area (Å²) >= 11 is 0. The molecule has 0 unspecified atom stereocenters. The predicted molar refractivity (Wildman–Crippen MR) is 112 cm³/mol. The zero-order valence-electron chi connectivity index (χ0n) is 15.8. The number of benzene rings is 1. The number of piperazine rings is 1. The number of rotatable bonds is 6. The molecule has 1 aromatic carbocycles. The smallest absolute Gasteiger partial charge is 0.313 e. The molecule has 9 heteroatoms. The highest BCUT2D eigenvalue weighted by Gasteiger charge is 2.24. The summed E-state index contributed by atoms with van der Waals surface area (Å²) in [5.41, 5.74) is 6.38. The summed E-state index contributed by atoms with van der Waals surface area (Å²) in [4.78, 5) is 31.6. The average Bonchev–Trinajstić information content (AvgIpc) is 2.73. The van der Waals surface area contributed by atoms with Gasteiger partial charge in [0, 0.05) is 49.7 Å². The number of carbonyl (C=O) groups excluding carboxylic acids is 2. The average molecular weight is 415 g/mol. The van der Waals surface area contributed by atoms with Crippen molar-refractivity contribution in [3.8, 4) is 0 Å². The highest BCUT2D eigenvalue weighted by molar-refractivity contribution is 5.95. The van der Waals surface area contributed by atoms with Crippen molar-refractivity contribution in [1.82, 2.24) is 9.88 Å². The molecule has 0 bridgehead atoms. The molecule has 1 aliphatic heterocycles. The molecular formula is C21H26FN5O3. The molecule has 1 fully saturated rings. The number of amides is 1. The van der Waals surface area contributed by atoms with E-state index in [9.17, 15) is 14.0 Å². The number of nitrogens with two attached hydrogens (primary N) is 1. The molecule has 1 aliphatic rings. The van der Waals surface area contributed by atoms with Crippen molar-refractivity contribution in [2.75, 3.05) is 31.1 Å². The molecule has 30 heavy (non-hydrogen) atoms. The number of pyridine rings is 1. The van der Waals surface area contributed by atoms with Gasteiger partial charge in [0.2, 0.25) is 0 Å². The van der Waals surface area contributed by atoms with Gasteiger partial charge >= 0.3 is 5.97 Å². The Morgan fingerprint density at radius 1 is 1.13 bits per heavy atom. The van der Waals surface area contributed by atoms with Crippen molar-refractivity contribution >= 4 is 23.4 Å². The number of esters is 1. The van der Waals surface area contributed by atoms with E-state index in [-0.39, 0.29) is 37.8 Å². The van der Waals surface area contributed by atoms with Gasteiger partial charge in [-0.05, 0) is 18.2 Å². The van der Waals surface area contributed by atoms with Crippen molar-refractivity contribution in [2.24, 2.45) is 5.73 Å². The lowest BCUT2D eigenvalue weighted by Crippen LogP contribution is -2.49. The summed E-state index contributed by atoms with van der Waals surface area (Å²) in [7, 11) is 0. The summed E-state index contributed by atoms with van der Waals surface area (Å²) in [6, 6.07) is 8.25. The normalized spacial score (nSPS) is 13.4. The zero-order chi connectivity index (χ0) is 20.8. The van der Waals surface area contributed by atoms with E-state index < -0.39 is 11.8 Å². The van der Waals surface area contributed by atoms with Crippen molar-refractivity contribution in [3.63, 3.8) is 0 Å². The number of amidine groups is 1. The topological polar surface area (TPSA) is 113 Å². The number of nitrogens with one attached hydrogen (secondary N) is 1. The lowest BCUT2D eigenvalue weighted by atomic mass is 10.1. The second-order valence-electron chi connectivity index (χ2n) is 6.63. The molecule has 0 radical (unpaired) electrons. The molecule has 2 aromatic rings. The van der Waals surface area contributed by atoms with E-state index in [0.717, 1.165) is 0 Å².